The Balaban J connectivity index is 1.86. The number of aromatic carboxylic acids is 1. The van der Waals surface area contributed by atoms with E-state index in [1.807, 2.05) is 0 Å². The lowest BCUT2D eigenvalue weighted by molar-refractivity contribution is -0.143. The topological polar surface area (TPSA) is 87.6 Å². The highest BCUT2D eigenvalue weighted by Gasteiger charge is 2.60. The van der Waals surface area contributed by atoms with Gasteiger partial charge in [-0.3, -0.25) is 14.5 Å². The summed E-state index contributed by atoms with van der Waals surface area (Å²) in [5, 5.41) is 10.7. The van der Waals surface area contributed by atoms with Crippen molar-refractivity contribution in [3.63, 3.8) is 0 Å². The van der Waals surface area contributed by atoms with Gasteiger partial charge in [-0.15, -0.1) is 11.3 Å². The van der Waals surface area contributed by atoms with E-state index in [0.717, 1.165) is 11.3 Å². The van der Waals surface area contributed by atoms with Crippen molar-refractivity contribution < 1.29 is 19.5 Å². The Morgan fingerprint density at radius 1 is 1.50 bits per heavy atom. The van der Waals surface area contributed by atoms with Crippen LogP contribution in [0.2, 0.25) is 0 Å². The van der Waals surface area contributed by atoms with Gasteiger partial charge in [0.15, 0.2) is 5.69 Å². The number of amides is 2. The molecule has 2 fully saturated rings. The normalized spacial score (nSPS) is 27.3. The van der Waals surface area contributed by atoms with Gasteiger partial charge in [0.2, 0.25) is 11.8 Å². The standard InChI is InChI=1S/C11H10N2O4S/c1-4(8-12-7(3-18-8)11(16)17)13-9(14)5-2-6(5)10(13)15/h3-6H,2H2,1H3,(H,16,17). The molecule has 0 aromatic carbocycles. The van der Waals surface area contributed by atoms with Gasteiger partial charge < -0.3 is 5.11 Å². The van der Waals surface area contributed by atoms with Gasteiger partial charge in [-0.1, -0.05) is 0 Å². The van der Waals surface area contributed by atoms with Crippen LogP contribution in [-0.4, -0.2) is 32.8 Å². The number of nitrogens with zero attached hydrogens (tertiary/aromatic N) is 2. The number of hydrogen-bond acceptors (Lipinski definition) is 5. The van der Waals surface area contributed by atoms with Gasteiger partial charge in [0.1, 0.15) is 5.01 Å². The van der Waals surface area contributed by atoms with Crippen LogP contribution in [-0.2, 0) is 9.59 Å². The number of carboxylic acid groups (broad SMARTS) is 1. The van der Waals surface area contributed by atoms with Crippen molar-refractivity contribution in [1.29, 1.82) is 0 Å². The van der Waals surface area contributed by atoms with Crippen LogP contribution < -0.4 is 0 Å². The fraction of sp³-hybridized carbons (Fsp3) is 0.455. The lowest BCUT2D eigenvalue weighted by atomic mass is 10.2. The van der Waals surface area contributed by atoms with Gasteiger partial charge in [0.05, 0.1) is 17.9 Å². The smallest absolute Gasteiger partial charge is 0.355 e. The van der Waals surface area contributed by atoms with Gasteiger partial charge in [-0.05, 0) is 13.3 Å². The first-order chi connectivity index (χ1) is 8.50. The number of aromatic nitrogens is 1. The molecular weight excluding hydrogens is 256 g/mol. The van der Waals surface area contributed by atoms with Crippen molar-refractivity contribution in [2.24, 2.45) is 11.8 Å². The molecule has 0 spiro atoms. The molecule has 1 aromatic rings. The van der Waals surface area contributed by atoms with Crippen LogP contribution in [0.25, 0.3) is 0 Å². The molecule has 1 aliphatic carbocycles. The molecule has 1 saturated carbocycles. The van der Waals surface area contributed by atoms with E-state index in [9.17, 15) is 14.4 Å². The summed E-state index contributed by atoms with van der Waals surface area (Å²) < 4.78 is 0. The molecule has 7 heteroatoms. The van der Waals surface area contributed by atoms with Crippen molar-refractivity contribution in [2.45, 2.75) is 19.4 Å². The van der Waals surface area contributed by atoms with Gasteiger partial charge >= 0.3 is 5.97 Å². The fourth-order valence-electron chi connectivity index (χ4n) is 2.28. The summed E-state index contributed by atoms with van der Waals surface area (Å²) in [5.41, 5.74) is -0.0499. The molecule has 1 saturated heterocycles. The van der Waals surface area contributed by atoms with E-state index in [1.54, 1.807) is 6.92 Å². The Labute approximate surface area is 106 Å². The average Bonchev–Trinajstić information content (AvgIpc) is 2.88. The van der Waals surface area contributed by atoms with Gasteiger partial charge in [0.25, 0.3) is 0 Å². The molecule has 0 bridgehead atoms. The van der Waals surface area contributed by atoms with E-state index >= 15 is 0 Å². The molecule has 2 aliphatic rings. The molecule has 1 aliphatic heterocycles. The zero-order chi connectivity index (χ0) is 13.0. The number of fused-ring (bicyclic) bond motifs is 1. The monoisotopic (exact) mass is 266 g/mol. The molecule has 94 valence electrons. The zero-order valence-electron chi connectivity index (χ0n) is 9.49. The third-order valence-electron chi connectivity index (χ3n) is 3.39. The summed E-state index contributed by atoms with van der Waals surface area (Å²) in [6.07, 6.45) is 0.666. The molecule has 3 rings (SSSR count). The van der Waals surface area contributed by atoms with E-state index in [-0.39, 0.29) is 29.3 Å². The van der Waals surface area contributed by atoms with Crippen molar-refractivity contribution in [2.75, 3.05) is 0 Å². The van der Waals surface area contributed by atoms with Crippen molar-refractivity contribution in [3.05, 3.63) is 16.1 Å². The van der Waals surface area contributed by atoms with Crippen molar-refractivity contribution in [1.82, 2.24) is 9.88 Å². The van der Waals surface area contributed by atoms with Crippen LogP contribution in [0.15, 0.2) is 5.38 Å². The summed E-state index contributed by atoms with van der Waals surface area (Å²) in [6.45, 7) is 1.70. The summed E-state index contributed by atoms with van der Waals surface area (Å²) >= 11 is 1.15. The van der Waals surface area contributed by atoms with Crippen LogP contribution in [0.1, 0.15) is 34.9 Å². The number of carbonyl (C=O) groups excluding carboxylic acids is 2. The zero-order valence-corrected chi connectivity index (χ0v) is 10.3. The second-order valence-electron chi connectivity index (χ2n) is 4.55. The van der Waals surface area contributed by atoms with Gasteiger partial charge in [-0.25, -0.2) is 9.78 Å². The second-order valence-corrected chi connectivity index (χ2v) is 5.44. The molecule has 18 heavy (non-hydrogen) atoms. The Kier molecular flexibility index (Phi) is 2.28. The maximum absolute atomic E-state index is 11.9. The molecule has 3 unspecified atom stereocenters. The third kappa shape index (κ3) is 1.47. The number of rotatable bonds is 3. The number of hydrogen-bond donors (Lipinski definition) is 1. The Morgan fingerprint density at radius 2 is 2.11 bits per heavy atom. The summed E-state index contributed by atoms with van der Waals surface area (Å²) in [7, 11) is 0. The first kappa shape index (κ1) is 11.3. The largest absolute Gasteiger partial charge is 0.476 e. The highest BCUT2D eigenvalue weighted by atomic mass is 32.1. The summed E-state index contributed by atoms with van der Waals surface area (Å²) in [6, 6.07) is -0.476. The van der Waals surface area contributed by atoms with Gasteiger partial charge in [-0.2, -0.15) is 0 Å². The molecule has 0 radical (unpaired) electrons. The third-order valence-corrected chi connectivity index (χ3v) is 4.40. The maximum Gasteiger partial charge on any atom is 0.355 e. The van der Waals surface area contributed by atoms with E-state index in [2.05, 4.69) is 4.98 Å². The predicted octanol–water partition coefficient (Wildman–Crippen LogP) is 0.907. The molecular formula is C11H10N2O4S. The minimum atomic E-state index is -1.10. The van der Waals surface area contributed by atoms with Crippen LogP contribution in [0.5, 0.6) is 0 Å². The van der Waals surface area contributed by atoms with E-state index in [1.165, 1.54) is 10.3 Å². The van der Waals surface area contributed by atoms with Crippen LogP contribution in [0.3, 0.4) is 0 Å². The van der Waals surface area contributed by atoms with E-state index < -0.39 is 12.0 Å². The minimum Gasteiger partial charge on any atom is -0.476 e. The van der Waals surface area contributed by atoms with Crippen LogP contribution in [0.4, 0.5) is 0 Å². The molecule has 1 N–H and O–H groups in total. The lowest BCUT2D eigenvalue weighted by Gasteiger charge is -2.22. The lowest BCUT2D eigenvalue weighted by Crippen LogP contribution is -2.35. The number of likely N-dealkylation sites (tertiary alicyclic amines) is 1. The highest BCUT2D eigenvalue weighted by Crippen LogP contribution is 2.49. The molecule has 2 amide bonds. The Morgan fingerprint density at radius 3 is 2.61 bits per heavy atom. The van der Waals surface area contributed by atoms with E-state index in [4.69, 9.17) is 5.11 Å². The van der Waals surface area contributed by atoms with E-state index in [0.29, 0.717) is 11.4 Å². The average molecular weight is 266 g/mol. The molecule has 2 heterocycles. The quantitative estimate of drug-likeness (QED) is 0.821. The highest BCUT2D eigenvalue weighted by molar-refractivity contribution is 7.09. The number of thiazole rings is 1. The van der Waals surface area contributed by atoms with Crippen molar-refractivity contribution >= 4 is 29.1 Å². The number of piperidine rings is 1. The minimum absolute atomic E-state index is 0.0499. The molecule has 3 atom stereocenters. The van der Waals surface area contributed by atoms with Gasteiger partial charge in [0, 0.05) is 5.38 Å². The second kappa shape index (κ2) is 3.61. The number of carbonyl (C=O) groups is 3. The first-order valence-corrected chi connectivity index (χ1v) is 6.44. The van der Waals surface area contributed by atoms with Crippen LogP contribution in [0, 0.1) is 11.8 Å². The fourth-order valence-corrected chi connectivity index (χ4v) is 3.12. The van der Waals surface area contributed by atoms with Crippen LogP contribution >= 0.6 is 11.3 Å². The Hall–Kier alpha value is -1.76. The van der Waals surface area contributed by atoms with Crippen molar-refractivity contribution in [3.8, 4) is 0 Å². The number of carboxylic acids is 1. The SMILES string of the molecule is CC(c1nc(C(=O)O)cs1)N1C(=O)C2CC2C1=O. The first-order valence-electron chi connectivity index (χ1n) is 5.56. The number of imide groups is 1. The predicted molar refractivity (Wildman–Crippen MR) is 60.9 cm³/mol. The molecule has 6 nitrogen and oxygen atoms in total. The maximum atomic E-state index is 11.9. The molecule has 1 aromatic heterocycles. The summed E-state index contributed by atoms with van der Waals surface area (Å²) in [5.74, 6) is -1.68. The Bertz CT molecular complexity index is 547. The summed E-state index contributed by atoms with van der Waals surface area (Å²) in [4.78, 5) is 39.7.